The first-order valence-corrected chi connectivity index (χ1v) is 8.12. The zero-order valence-corrected chi connectivity index (χ0v) is 13.5. The van der Waals surface area contributed by atoms with Crippen LogP contribution in [0.3, 0.4) is 0 Å². The van der Waals surface area contributed by atoms with Gasteiger partial charge in [0.05, 0.1) is 17.7 Å². The number of benzene rings is 2. The lowest BCUT2D eigenvalue weighted by atomic mass is 10.2. The molecule has 130 valence electrons. The molecule has 0 bridgehead atoms. The van der Waals surface area contributed by atoms with Crippen molar-refractivity contribution in [3.63, 3.8) is 0 Å². The smallest absolute Gasteiger partial charge is 0.494 e. The number of hydrogen-bond donors (Lipinski definition) is 1. The standard InChI is InChI=1S/C15H14F3NO4S/c1-10-3-6-12(7-4-10)24(20,21)19-13-8-5-11(9-14(13)22-2)23-15(16,17)18/h3-9,19H,1-2H3. The van der Waals surface area contributed by atoms with Crippen molar-refractivity contribution >= 4 is 15.7 Å². The Morgan fingerprint density at radius 1 is 1.04 bits per heavy atom. The molecule has 2 rings (SSSR count). The monoisotopic (exact) mass is 361 g/mol. The maximum absolute atomic E-state index is 12.3. The lowest BCUT2D eigenvalue weighted by Crippen LogP contribution is -2.17. The highest BCUT2D eigenvalue weighted by Crippen LogP contribution is 2.33. The molecular weight excluding hydrogens is 347 g/mol. The Balaban J connectivity index is 2.30. The summed E-state index contributed by atoms with van der Waals surface area (Å²) in [5, 5.41) is 0. The first-order valence-electron chi connectivity index (χ1n) is 6.64. The Hall–Kier alpha value is -2.42. The number of halogens is 3. The molecule has 0 saturated carbocycles. The minimum atomic E-state index is -4.85. The Morgan fingerprint density at radius 2 is 1.67 bits per heavy atom. The largest absolute Gasteiger partial charge is 0.573 e. The summed E-state index contributed by atoms with van der Waals surface area (Å²) in [5.41, 5.74) is 0.882. The number of methoxy groups -OCH3 is 1. The van der Waals surface area contributed by atoms with Crippen LogP contribution in [-0.2, 0) is 10.0 Å². The molecule has 9 heteroatoms. The fraction of sp³-hybridized carbons (Fsp3) is 0.200. The molecule has 0 radical (unpaired) electrons. The lowest BCUT2D eigenvalue weighted by molar-refractivity contribution is -0.274. The van der Waals surface area contributed by atoms with Crippen molar-refractivity contribution in [3.05, 3.63) is 48.0 Å². The molecule has 2 aromatic carbocycles. The number of hydrogen-bond acceptors (Lipinski definition) is 4. The zero-order chi connectivity index (χ0) is 18.0. The van der Waals surface area contributed by atoms with Gasteiger partial charge in [-0.2, -0.15) is 0 Å². The number of anilines is 1. The van der Waals surface area contributed by atoms with Gasteiger partial charge < -0.3 is 9.47 Å². The predicted octanol–water partition coefficient (Wildman–Crippen LogP) is 3.70. The fourth-order valence-electron chi connectivity index (χ4n) is 1.87. The molecule has 1 N–H and O–H groups in total. The molecule has 0 saturated heterocycles. The van der Waals surface area contributed by atoms with E-state index in [4.69, 9.17) is 4.74 Å². The van der Waals surface area contributed by atoms with Crippen LogP contribution in [0.2, 0.25) is 0 Å². The van der Waals surface area contributed by atoms with Gasteiger partial charge in [-0.05, 0) is 31.2 Å². The summed E-state index contributed by atoms with van der Waals surface area (Å²) in [6.07, 6.45) is -4.85. The molecule has 0 unspecified atom stereocenters. The highest BCUT2D eigenvalue weighted by Gasteiger charge is 2.31. The second-order valence-electron chi connectivity index (χ2n) is 4.83. The van der Waals surface area contributed by atoms with Crippen molar-refractivity contribution < 1.29 is 31.1 Å². The summed E-state index contributed by atoms with van der Waals surface area (Å²) in [6, 6.07) is 9.17. The Labute approximate surface area is 137 Å². The normalized spacial score (nSPS) is 11.9. The van der Waals surface area contributed by atoms with Gasteiger partial charge in [0.2, 0.25) is 0 Å². The first kappa shape index (κ1) is 17.9. The number of alkyl halides is 3. The first-order chi connectivity index (χ1) is 11.1. The Morgan fingerprint density at radius 3 is 2.21 bits per heavy atom. The number of nitrogens with one attached hydrogen (secondary N) is 1. The molecule has 0 aliphatic carbocycles. The van der Waals surface area contributed by atoms with Crippen LogP contribution in [0.1, 0.15) is 5.56 Å². The average molecular weight is 361 g/mol. The quantitative estimate of drug-likeness (QED) is 0.882. The van der Waals surface area contributed by atoms with E-state index < -0.39 is 22.1 Å². The summed E-state index contributed by atoms with van der Waals surface area (Å²) in [5.74, 6) is -0.620. The third-order valence-electron chi connectivity index (χ3n) is 2.98. The molecule has 0 amide bonds. The van der Waals surface area contributed by atoms with Gasteiger partial charge in [0.1, 0.15) is 11.5 Å². The summed E-state index contributed by atoms with van der Waals surface area (Å²) in [4.78, 5) is 0.0192. The van der Waals surface area contributed by atoms with Crippen LogP contribution in [0.25, 0.3) is 0 Å². The second-order valence-corrected chi connectivity index (χ2v) is 6.51. The second kappa shape index (κ2) is 6.60. The Kier molecular flexibility index (Phi) is 4.93. The van der Waals surface area contributed by atoms with E-state index in [1.54, 1.807) is 12.1 Å². The van der Waals surface area contributed by atoms with E-state index in [9.17, 15) is 21.6 Å². The van der Waals surface area contributed by atoms with E-state index in [1.165, 1.54) is 19.2 Å². The van der Waals surface area contributed by atoms with Crippen LogP contribution in [0.5, 0.6) is 11.5 Å². The molecule has 24 heavy (non-hydrogen) atoms. The van der Waals surface area contributed by atoms with E-state index in [0.29, 0.717) is 0 Å². The van der Waals surface area contributed by atoms with E-state index in [-0.39, 0.29) is 16.3 Å². The van der Waals surface area contributed by atoms with Crippen LogP contribution >= 0.6 is 0 Å². The van der Waals surface area contributed by atoms with Gasteiger partial charge in [-0.15, -0.1) is 13.2 Å². The Bertz CT molecular complexity index is 818. The zero-order valence-electron chi connectivity index (χ0n) is 12.7. The maximum atomic E-state index is 12.3. The van der Waals surface area contributed by atoms with Gasteiger partial charge in [0, 0.05) is 6.07 Å². The minimum absolute atomic E-state index is 0.00685. The highest BCUT2D eigenvalue weighted by atomic mass is 32.2. The number of sulfonamides is 1. The van der Waals surface area contributed by atoms with Crippen LogP contribution in [0, 0.1) is 6.92 Å². The van der Waals surface area contributed by atoms with Crippen molar-refractivity contribution in [2.24, 2.45) is 0 Å². The minimum Gasteiger partial charge on any atom is -0.494 e. The van der Waals surface area contributed by atoms with Gasteiger partial charge in [0.25, 0.3) is 10.0 Å². The highest BCUT2D eigenvalue weighted by molar-refractivity contribution is 7.92. The predicted molar refractivity (Wildman–Crippen MR) is 81.7 cm³/mol. The van der Waals surface area contributed by atoms with Crippen LogP contribution in [0.15, 0.2) is 47.4 Å². The van der Waals surface area contributed by atoms with Crippen molar-refractivity contribution in [3.8, 4) is 11.5 Å². The number of aryl methyl sites for hydroxylation is 1. The third-order valence-corrected chi connectivity index (χ3v) is 4.36. The summed E-state index contributed by atoms with van der Waals surface area (Å²) < 4.78 is 72.3. The summed E-state index contributed by atoms with van der Waals surface area (Å²) in [7, 11) is -2.70. The number of ether oxygens (including phenoxy) is 2. The lowest BCUT2D eigenvalue weighted by Gasteiger charge is -2.14. The molecule has 0 aliphatic heterocycles. The molecule has 0 fully saturated rings. The molecule has 0 spiro atoms. The van der Waals surface area contributed by atoms with Gasteiger partial charge in [-0.25, -0.2) is 8.42 Å². The topological polar surface area (TPSA) is 64.6 Å². The van der Waals surface area contributed by atoms with Crippen LogP contribution < -0.4 is 14.2 Å². The molecule has 0 aliphatic rings. The maximum Gasteiger partial charge on any atom is 0.573 e. The van der Waals surface area contributed by atoms with E-state index >= 15 is 0 Å². The van der Waals surface area contributed by atoms with E-state index in [2.05, 4.69) is 9.46 Å². The van der Waals surface area contributed by atoms with Crippen molar-refractivity contribution in [1.82, 2.24) is 0 Å². The molecule has 0 atom stereocenters. The summed E-state index contributed by atoms with van der Waals surface area (Å²) in [6.45, 7) is 1.81. The van der Waals surface area contributed by atoms with E-state index in [1.807, 2.05) is 6.92 Å². The molecule has 5 nitrogen and oxygen atoms in total. The van der Waals surface area contributed by atoms with Gasteiger partial charge in [0.15, 0.2) is 0 Å². The van der Waals surface area contributed by atoms with Crippen molar-refractivity contribution in [2.75, 3.05) is 11.8 Å². The van der Waals surface area contributed by atoms with Crippen molar-refractivity contribution in [1.29, 1.82) is 0 Å². The van der Waals surface area contributed by atoms with Crippen LogP contribution in [0.4, 0.5) is 18.9 Å². The molecule has 0 heterocycles. The average Bonchev–Trinajstić information content (AvgIpc) is 2.47. The molecule has 2 aromatic rings. The van der Waals surface area contributed by atoms with Gasteiger partial charge in [-0.1, -0.05) is 17.7 Å². The fourth-order valence-corrected chi connectivity index (χ4v) is 2.94. The molecular formula is C15H14F3NO4S. The van der Waals surface area contributed by atoms with Gasteiger partial charge in [-0.3, -0.25) is 4.72 Å². The van der Waals surface area contributed by atoms with Crippen molar-refractivity contribution in [2.45, 2.75) is 18.2 Å². The summed E-state index contributed by atoms with van der Waals surface area (Å²) >= 11 is 0. The number of rotatable bonds is 5. The SMILES string of the molecule is COc1cc(OC(F)(F)F)ccc1NS(=O)(=O)c1ccc(C)cc1. The van der Waals surface area contributed by atoms with Gasteiger partial charge >= 0.3 is 6.36 Å². The van der Waals surface area contributed by atoms with Crippen LogP contribution in [-0.4, -0.2) is 21.9 Å². The third kappa shape index (κ3) is 4.54. The van der Waals surface area contributed by atoms with E-state index in [0.717, 1.165) is 23.8 Å². The molecule has 0 aromatic heterocycles.